The molecule has 2 atom stereocenters. The number of esters is 1. The van der Waals surface area contributed by atoms with E-state index in [9.17, 15) is 15.0 Å². The van der Waals surface area contributed by atoms with Crippen LogP contribution in [-0.4, -0.2) is 34.4 Å². The molecule has 0 aliphatic carbocycles. The Hall–Kier alpha value is -1.79. The highest BCUT2D eigenvalue weighted by Gasteiger charge is 2.25. The largest absolute Gasteiger partial charge is 0.504 e. The molecule has 6 nitrogen and oxygen atoms in total. The van der Waals surface area contributed by atoms with E-state index in [1.807, 2.05) is 0 Å². The Kier molecular flexibility index (Phi) is 3.23. The maximum atomic E-state index is 11.2. The number of aliphatic hydroxyl groups excluding tert-OH is 1. The van der Waals surface area contributed by atoms with E-state index in [-0.39, 0.29) is 11.3 Å². The van der Waals surface area contributed by atoms with Crippen LogP contribution in [0.5, 0.6) is 11.5 Å². The van der Waals surface area contributed by atoms with Crippen molar-refractivity contribution in [3.05, 3.63) is 23.8 Å². The van der Waals surface area contributed by atoms with Crippen molar-refractivity contribution in [2.45, 2.75) is 12.1 Å². The van der Waals surface area contributed by atoms with Crippen molar-refractivity contribution in [2.75, 3.05) is 7.11 Å². The van der Waals surface area contributed by atoms with Gasteiger partial charge in [0.1, 0.15) is 12.1 Å². The molecule has 0 unspecified atom stereocenters. The molecular weight excluding hydrogens is 214 g/mol. The molecule has 0 aromatic heterocycles. The molecule has 0 bridgehead atoms. The minimum atomic E-state index is -2.39. The number of benzene rings is 1. The molecule has 0 saturated carbocycles. The van der Waals surface area contributed by atoms with Crippen LogP contribution in [0.2, 0.25) is 0 Å². The third-order valence-corrected chi connectivity index (χ3v) is 2.03. The van der Waals surface area contributed by atoms with Gasteiger partial charge in [-0.15, -0.1) is 0 Å². The summed E-state index contributed by atoms with van der Waals surface area (Å²) in [5.74, 6) is -1.98. The van der Waals surface area contributed by atoms with Crippen molar-refractivity contribution in [2.24, 2.45) is 5.73 Å². The quantitative estimate of drug-likeness (QED) is 0.415. The fourth-order valence-electron chi connectivity index (χ4n) is 1.12. The van der Waals surface area contributed by atoms with Crippen LogP contribution < -0.4 is 5.73 Å². The molecule has 1 aromatic rings. The van der Waals surface area contributed by atoms with Gasteiger partial charge in [0.05, 0.1) is 8.48 Å². The summed E-state index contributed by atoms with van der Waals surface area (Å²) in [6.45, 7) is 0. The van der Waals surface area contributed by atoms with Crippen LogP contribution >= 0.6 is 0 Å². The second kappa shape index (κ2) is 4.82. The van der Waals surface area contributed by atoms with Crippen LogP contribution in [0.1, 0.15) is 13.0 Å². The standard InChI is InChI=1S/C10H13NO5/c1-16-10(15)8(11)9(14)5-2-3-6(12)7(13)4-5/h2-4,8-9,12-14H,11H2,1H3/t8-,9-/m1/s1/i8D. The Labute approximate surface area is 93.3 Å². The highest BCUT2D eigenvalue weighted by molar-refractivity contribution is 5.76. The van der Waals surface area contributed by atoms with Crippen molar-refractivity contribution in [3.8, 4) is 11.5 Å². The molecule has 0 aliphatic rings. The molecule has 5 N–H and O–H groups in total. The molecule has 1 rings (SSSR count). The summed E-state index contributed by atoms with van der Waals surface area (Å²) in [5, 5.41) is 28.1. The van der Waals surface area contributed by atoms with Crippen LogP contribution in [0.3, 0.4) is 0 Å². The SMILES string of the molecule is [2H][C@](N)(C(=O)OC)[C@H](O)c1ccc(O)c(O)c1. The van der Waals surface area contributed by atoms with Crippen molar-refractivity contribution >= 4 is 5.97 Å². The normalized spacial score (nSPS) is 17.1. The van der Waals surface area contributed by atoms with Gasteiger partial charge in [0, 0.05) is 0 Å². The van der Waals surface area contributed by atoms with Gasteiger partial charge in [0.15, 0.2) is 11.5 Å². The maximum Gasteiger partial charge on any atom is 0.325 e. The minimum absolute atomic E-state index is 0.0169. The zero-order valence-electron chi connectivity index (χ0n) is 9.54. The monoisotopic (exact) mass is 228 g/mol. The second-order valence-corrected chi connectivity index (χ2v) is 3.10. The lowest BCUT2D eigenvalue weighted by molar-refractivity contribution is -0.145. The van der Waals surface area contributed by atoms with Gasteiger partial charge in [-0.25, -0.2) is 0 Å². The Morgan fingerprint density at radius 2 is 2.12 bits per heavy atom. The summed E-state index contributed by atoms with van der Waals surface area (Å²) >= 11 is 0. The molecule has 88 valence electrons. The predicted octanol–water partition coefficient (Wildman–Crippen LogP) is -0.369. The number of phenols is 2. The summed E-state index contributed by atoms with van der Waals surface area (Å²) < 4.78 is 11.8. The zero-order valence-corrected chi connectivity index (χ0v) is 8.54. The number of rotatable bonds is 3. The first-order valence-electron chi connectivity index (χ1n) is 4.88. The molecular formula is C10H13NO5. The average molecular weight is 228 g/mol. The predicted molar refractivity (Wildman–Crippen MR) is 54.7 cm³/mol. The molecule has 0 heterocycles. The van der Waals surface area contributed by atoms with E-state index in [1.165, 1.54) is 6.07 Å². The van der Waals surface area contributed by atoms with Gasteiger partial charge in [-0.05, 0) is 17.7 Å². The second-order valence-electron chi connectivity index (χ2n) is 3.10. The fraction of sp³-hybridized carbons (Fsp3) is 0.300. The van der Waals surface area contributed by atoms with E-state index in [4.69, 9.17) is 12.2 Å². The number of hydrogen-bond acceptors (Lipinski definition) is 6. The van der Waals surface area contributed by atoms with Crippen LogP contribution in [0.15, 0.2) is 18.2 Å². The summed E-state index contributed by atoms with van der Waals surface area (Å²) in [6, 6.07) is 0.970. The molecule has 16 heavy (non-hydrogen) atoms. The van der Waals surface area contributed by atoms with Crippen LogP contribution in [0.25, 0.3) is 0 Å². The first-order valence-corrected chi connectivity index (χ1v) is 4.38. The number of aromatic hydroxyl groups is 2. The van der Waals surface area contributed by atoms with Gasteiger partial charge in [-0.1, -0.05) is 6.07 Å². The molecule has 0 aliphatic heterocycles. The number of methoxy groups -OCH3 is 1. The highest BCUT2D eigenvalue weighted by Crippen LogP contribution is 2.28. The smallest absolute Gasteiger partial charge is 0.325 e. The molecule has 0 saturated heterocycles. The first-order chi connectivity index (χ1) is 7.80. The topological polar surface area (TPSA) is 113 Å². The molecule has 1 aromatic carbocycles. The Bertz CT molecular complexity index is 435. The number of phenolic OH excluding ortho intramolecular Hbond substituents is 2. The number of hydrogen-bond donors (Lipinski definition) is 4. The van der Waals surface area contributed by atoms with Gasteiger partial charge < -0.3 is 25.8 Å². The molecule has 0 amide bonds. The van der Waals surface area contributed by atoms with Crippen molar-refractivity contribution < 1.29 is 26.2 Å². The van der Waals surface area contributed by atoms with Gasteiger partial charge in [-0.3, -0.25) is 4.79 Å². The fourth-order valence-corrected chi connectivity index (χ4v) is 1.12. The third kappa shape index (κ3) is 2.41. The summed E-state index contributed by atoms with van der Waals surface area (Å²) in [6.07, 6.45) is -1.69. The number of ether oxygens (including phenoxy) is 1. The number of carbonyl (C=O) groups excluding carboxylic acids is 1. The van der Waals surface area contributed by atoms with E-state index < -0.39 is 23.8 Å². The van der Waals surface area contributed by atoms with E-state index >= 15 is 0 Å². The summed E-state index contributed by atoms with van der Waals surface area (Å²) in [4.78, 5) is 11.2. The minimum Gasteiger partial charge on any atom is -0.504 e. The van der Waals surface area contributed by atoms with Gasteiger partial charge in [-0.2, -0.15) is 0 Å². The zero-order chi connectivity index (χ0) is 13.2. The van der Waals surface area contributed by atoms with Crippen molar-refractivity contribution in [1.29, 1.82) is 0 Å². The Morgan fingerprint density at radius 1 is 1.50 bits per heavy atom. The van der Waals surface area contributed by atoms with Crippen LogP contribution in [-0.2, 0) is 9.53 Å². The van der Waals surface area contributed by atoms with Crippen molar-refractivity contribution in [3.63, 3.8) is 0 Å². The van der Waals surface area contributed by atoms with Crippen LogP contribution in [0.4, 0.5) is 0 Å². The lowest BCUT2D eigenvalue weighted by atomic mass is 10.0. The molecule has 0 fully saturated rings. The average Bonchev–Trinajstić information content (AvgIpc) is 2.30. The van der Waals surface area contributed by atoms with Gasteiger partial charge in [0.25, 0.3) is 0 Å². The van der Waals surface area contributed by atoms with E-state index in [0.29, 0.717) is 0 Å². The maximum absolute atomic E-state index is 11.2. The lowest BCUT2D eigenvalue weighted by Crippen LogP contribution is -2.37. The molecule has 0 radical (unpaired) electrons. The van der Waals surface area contributed by atoms with E-state index in [1.54, 1.807) is 0 Å². The van der Waals surface area contributed by atoms with Gasteiger partial charge in [0.2, 0.25) is 0 Å². The summed E-state index contributed by atoms with van der Waals surface area (Å²) in [5.41, 5.74) is 5.35. The Balaban J connectivity index is 3.07. The van der Waals surface area contributed by atoms with E-state index in [2.05, 4.69) is 4.74 Å². The van der Waals surface area contributed by atoms with Gasteiger partial charge >= 0.3 is 5.97 Å². The number of carbonyl (C=O) groups is 1. The number of aliphatic hydroxyl groups is 1. The van der Waals surface area contributed by atoms with Crippen LogP contribution in [0, 0.1) is 0 Å². The lowest BCUT2D eigenvalue weighted by Gasteiger charge is -2.17. The van der Waals surface area contributed by atoms with Crippen molar-refractivity contribution in [1.82, 2.24) is 0 Å². The third-order valence-electron chi connectivity index (χ3n) is 2.03. The highest BCUT2D eigenvalue weighted by atomic mass is 16.5. The first kappa shape index (κ1) is 10.7. The summed E-state index contributed by atoms with van der Waals surface area (Å²) in [7, 11) is 1.04. The van der Waals surface area contributed by atoms with E-state index in [0.717, 1.165) is 19.2 Å². The Morgan fingerprint density at radius 3 is 2.62 bits per heavy atom. The number of nitrogens with two attached hydrogens (primary N) is 1. The molecule has 6 heteroatoms. The molecule has 0 spiro atoms.